The summed E-state index contributed by atoms with van der Waals surface area (Å²) in [6.07, 6.45) is 1.30. The Balaban J connectivity index is 3.04. The van der Waals surface area contributed by atoms with Crippen molar-refractivity contribution >= 4 is 0 Å². The molecule has 0 saturated carbocycles. The van der Waals surface area contributed by atoms with Crippen LogP contribution in [0, 0.1) is 5.95 Å². The van der Waals surface area contributed by atoms with E-state index in [9.17, 15) is 4.39 Å². The number of rotatable bonds is 1. The molecule has 0 spiro atoms. The first-order valence-corrected chi connectivity index (χ1v) is 2.53. The third kappa shape index (κ3) is 0.929. The maximum absolute atomic E-state index is 12.5. The zero-order valence-corrected chi connectivity index (χ0v) is 5.00. The highest BCUT2D eigenvalue weighted by Crippen LogP contribution is 2.02. The van der Waals surface area contributed by atoms with Gasteiger partial charge in [-0.2, -0.15) is 9.49 Å². The second-order valence-electron chi connectivity index (χ2n) is 1.74. The van der Waals surface area contributed by atoms with Gasteiger partial charge in [-0.3, -0.25) is 0 Å². The molecule has 0 aromatic carbocycles. The van der Waals surface area contributed by atoms with Gasteiger partial charge >= 0.3 is 0 Å². The molecule has 0 fully saturated rings. The molecule has 0 bridgehead atoms. The standard InChI is InChI=1S/C5H7FN2O/c1-8-5(6)4(3-9)2-7-8/h2,9H,3H2,1H3. The number of aromatic nitrogens is 2. The Kier molecular flexibility index (Phi) is 1.48. The zero-order chi connectivity index (χ0) is 6.85. The van der Waals surface area contributed by atoms with E-state index < -0.39 is 5.95 Å². The summed E-state index contributed by atoms with van der Waals surface area (Å²) in [7, 11) is 1.48. The molecular formula is C5H7FN2O. The average molecular weight is 130 g/mol. The van der Waals surface area contributed by atoms with Crippen LogP contribution in [0.1, 0.15) is 5.56 Å². The van der Waals surface area contributed by atoms with Crippen molar-refractivity contribution in [3.63, 3.8) is 0 Å². The van der Waals surface area contributed by atoms with Gasteiger partial charge in [0.15, 0.2) is 0 Å². The van der Waals surface area contributed by atoms with Gasteiger partial charge in [-0.05, 0) is 0 Å². The summed E-state index contributed by atoms with van der Waals surface area (Å²) in [6, 6.07) is 0. The van der Waals surface area contributed by atoms with Gasteiger partial charge in [0.1, 0.15) is 0 Å². The molecule has 0 atom stereocenters. The van der Waals surface area contributed by atoms with Gasteiger partial charge in [0.05, 0.1) is 18.4 Å². The number of nitrogens with zero attached hydrogens (tertiary/aromatic N) is 2. The van der Waals surface area contributed by atoms with Gasteiger partial charge < -0.3 is 5.11 Å². The molecule has 1 N–H and O–H groups in total. The van der Waals surface area contributed by atoms with Crippen LogP contribution >= 0.6 is 0 Å². The van der Waals surface area contributed by atoms with Crippen LogP contribution in [0.5, 0.6) is 0 Å². The Morgan fingerprint density at radius 3 is 2.78 bits per heavy atom. The van der Waals surface area contributed by atoms with Gasteiger partial charge in [0.2, 0.25) is 5.95 Å². The summed E-state index contributed by atoms with van der Waals surface area (Å²) < 4.78 is 13.6. The number of aliphatic hydroxyl groups excluding tert-OH is 1. The second-order valence-corrected chi connectivity index (χ2v) is 1.74. The van der Waals surface area contributed by atoms with Gasteiger partial charge in [0.25, 0.3) is 0 Å². The minimum absolute atomic E-state index is 0.234. The van der Waals surface area contributed by atoms with Gasteiger partial charge in [-0.15, -0.1) is 0 Å². The average Bonchev–Trinajstić information content (AvgIpc) is 2.15. The Morgan fingerprint density at radius 2 is 2.56 bits per heavy atom. The van der Waals surface area contributed by atoms with E-state index in [-0.39, 0.29) is 12.2 Å². The fraction of sp³-hybridized carbons (Fsp3) is 0.400. The molecule has 1 aromatic heterocycles. The first-order valence-electron chi connectivity index (χ1n) is 2.53. The molecule has 0 saturated heterocycles. The van der Waals surface area contributed by atoms with Crippen molar-refractivity contribution in [1.82, 2.24) is 9.78 Å². The third-order valence-electron chi connectivity index (χ3n) is 1.11. The van der Waals surface area contributed by atoms with Crippen molar-refractivity contribution in [3.8, 4) is 0 Å². The first-order chi connectivity index (χ1) is 4.25. The molecule has 4 heteroatoms. The lowest BCUT2D eigenvalue weighted by atomic mass is 10.4. The minimum Gasteiger partial charge on any atom is -0.391 e. The van der Waals surface area contributed by atoms with Crippen LogP contribution in [0.4, 0.5) is 4.39 Å². The maximum atomic E-state index is 12.5. The van der Waals surface area contributed by atoms with Crippen molar-refractivity contribution in [1.29, 1.82) is 0 Å². The molecule has 0 radical (unpaired) electrons. The summed E-state index contributed by atoms with van der Waals surface area (Å²) in [4.78, 5) is 0. The van der Waals surface area contributed by atoms with Crippen LogP contribution in [-0.4, -0.2) is 14.9 Å². The normalized spacial score (nSPS) is 10.1. The lowest BCUT2D eigenvalue weighted by Crippen LogP contribution is -1.95. The van der Waals surface area contributed by atoms with Crippen molar-refractivity contribution in [3.05, 3.63) is 17.7 Å². The van der Waals surface area contributed by atoms with Crippen LogP contribution < -0.4 is 0 Å². The highest BCUT2D eigenvalue weighted by Gasteiger charge is 2.03. The van der Waals surface area contributed by atoms with Crippen molar-refractivity contribution in [2.24, 2.45) is 7.05 Å². The molecule has 3 nitrogen and oxygen atoms in total. The van der Waals surface area contributed by atoms with Crippen LogP contribution in [0.3, 0.4) is 0 Å². The molecular weight excluding hydrogens is 123 g/mol. The quantitative estimate of drug-likeness (QED) is 0.583. The predicted molar refractivity (Wildman–Crippen MR) is 29.1 cm³/mol. The van der Waals surface area contributed by atoms with E-state index in [1.807, 2.05) is 0 Å². The topological polar surface area (TPSA) is 38.0 Å². The summed E-state index contributed by atoms with van der Waals surface area (Å²) in [5.41, 5.74) is 0.234. The zero-order valence-electron chi connectivity index (χ0n) is 5.00. The fourth-order valence-electron chi connectivity index (χ4n) is 0.574. The van der Waals surface area contributed by atoms with Crippen LogP contribution in [-0.2, 0) is 13.7 Å². The van der Waals surface area contributed by atoms with E-state index >= 15 is 0 Å². The maximum Gasteiger partial charge on any atom is 0.216 e. The number of hydrogen-bond acceptors (Lipinski definition) is 2. The highest BCUT2D eigenvalue weighted by molar-refractivity contribution is 5.03. The minimum atomic E-state index is -0.475. The van der Waals surface area contributed by atoms with E-state index in [0.29, 0.717) is 0 Å². The number of hydrogen-bond donors (Lipinski definition) is 1. The molecule has 1 aromatic rings. The summed E-state index contributed by atoms with van der Waals surface area (Å²) in [6.45, 7) is -0.292. The smallest absolute Gasteiger partial charge is 0.216 e. The van der Waals surface area contributed by atoms with Crippen LogP contribution in [0.15, 0.2) is 6.20 Å². The Morgan fingerprint density at radius 1 is 1.89 bits per heavy atom. The second kappa shape index (κ2) is 2.14. The monoisotopic (exact) mass is 130 g/mol. The van der Waals surface area contributed by atoms with E-state index in [1.54, 1.807) is 0 Å². The van der Waals surface area contributed by atoms with Crippen molar-refractivity contribution in [2.75, 3.05) is 0 Å². The third-order valence-corrected chi connectivity index (χ3v) is 1.11. The van der Waals surface area contributed by atoms with E-state index in [2.05, 4.69) is 5.10 Å². The summed E-state index contributed by atoms with van der Waals surface area (Å²) in [5.74, 6) is -0.475. The Bertz CT molecular complexity index is 209. The molecule has 9 heavy (non-hydrogen) atoms. The molecule has 0 amide bonds. The molecule has 0 aliphatic carbocycles. The largest absolute Gasteiger partial charge is 0.391 e. The van der Waals surface area contributed by atoms with E-state index in [0.717, 1.165) is 4.68 Å². The lowest BCUT2D eigenvalue weighted by molar-refractivity contribution is 0.274. The molecule has 0 unspecified atom stereocenters. The molecule has 50 valence electrons. The highest BCUT2D eigenvalue weighted by atomic mass is 19.1. The summed E-state index contributed by atoms with van der Waals surface area (Å²) in [5, 5.41) is 12.0. The van der Waals surface area contributed by atoms with Gasteiger partial charge in [-0.1, -0.05) is 0 Å². The fourth-order valence-corrected chi connectivity index (χ4v) is 0.574. The van der Waals surface area contributed by atoms with Gasteiger partial charge in [0, 0.05) is 7.05 Å². The van der Waals surface area contributed by atoms with Crippen LogP contribution in [0.25, 0.3) is 0 Å². The van der Waals surface area contributed by atoms with Crippen molar-refractivity contribution in [2.45, 2.75) is 6.61 Å². The summed E-state index contributed by atoms with van der Waals surface area (Å²) >= 11 is 0. The predicted octanol–water partition coefficient (Wildman–Crippen LogP) is 0.0515. The Hall–Kier alpha value is -0.900. The number of aryl methyl sites for hydroxylation is 1. The molecule has 1 rings (SSSR count). The molecule has 0 aliphatic heterocycles. The van der Waals surface area contributed by atoms with E-state index in [1.165, 1.54) is 13.2 Å². The Labute approximate surface area is 51.7 Å². The first kappa shape index (κ1) is 6.22. The van der Waals surface area contributed by atoms with Crippen LogP contribution in [0.2, 0.25) is 0 Å². The molecule has 0 aliphatic rings. The SMILES string of the molecule is Cn1ncc(CO)c1F. The van der Waals surface area contributed by atoms with E-state index in [4.69, 9.17) is 5.11 Å². The number of aliphatic hydroxyl groups is 1. The lowest BCUT2D eigenvalue weighted by Gasteiger charge is -1.88. The number of halogens is 1. The molecule has 1 heterocycles. The van der Waals surface area contributed by atoms with Gasteiger partial charge in [-0.25, -0.2) is 4.68 Å². The van der Waals surface area contributed by atoms with Crippen molar-refractivity contribution < 1.29 is 9.50 Å².